The van der Waals surface area contributed by atoms with Gasteiger partial charge in [-0.25, -0.2) is 4.79 Å². The fourth-order valence-electron chi connectivity index (χ4n) is 2.27. The number of aromatic nitrogens is 1. The van der Waals surface area contributed by atoms with Crippen molar-refractivity contribution < 1.29 is 19.0 Å². The molecule has 0 aromatic carbocycles. The van der Waals surface area contributed by atoms with E-state index < -0.39 is 11.9 Å². The number of nitrogens with zero attached hydrogens (tertiary/aromatic N) is 2. The number of esters is 1. The first-order valence-corrected chi connectivity index (χ1v) is 6.41. The van der Waals surface area contributed by atoms with Crippen LogP contribution in [0.25, 0.3) is 0 Å². The van der Waals surface area contributed by atoms with Crippen molar-refractivity contribution in [3.05, 3.63) is 52.9 Å². The van der Waals surface area contributed by atoms with E-state index in [-0.39, 0.29) is 29.4 Å². The van der Waals surface area contributed by atoms with Crippen molar-refractivity contribution in [2.24, 2.45) is 5.73 Å². The van der Waals surface area contributed by atoms with E-state index in [1.165, 1.54) is 14.2 Å². The Morgan fingerprint density at radius 3 is 2.86 bits per heavy atom. The fourth-order valence-corrected chi connectivity index (χ4v) is 2.27. The molecule has 7 heteroatoms. The van der Waals surface area contributed by atoms with Gasteiger partial charge in [-0.05, 0) is 11.6 Å². The summed E-state index contributed by atoms with van der Waals surface area (Å²) in [6.07, 6.45) is 3.16. The van der Waals surface area contributed by atoms with Crippen LogP contribution in [0.5, 0.6) is 0 Å². The highest BCUT2D eigenvalue weighted by Gasteiger charge is 2.37. The number of hydrogen-bond donors (Lipinski definition) is 1. The third kappa shape index (κ3) is 2.77. The van der Waals surface area contributed by atoms with E-state index in [9.17, 15) is 10.1 Å². The highest BCUT2D eigenvalue weighted by Crippen LogP contribution is 2.39. The van der Waals surface area contributed by atoms with Crippen molar-refractivity contribution in [3.63, 3.8) is 0 Å². The molecule has 0 unspecified atom stereocenters. The first-order chi connectivity index (χ1) is 10.6. The molecule has 1 atom stereocenters. The summed E-state index contributed by atoms with van der Waals surface area (Å²) in [6.45, 7) is 0.0284. The number of ether oxygens (including phenoxy) is 3. The normalized spacial score (nSPS) is 17.8. The number of carbonyl (C=O) groups is 1. The zero-order valence-corrected chi connectivity index (χ0v) is 12.2. The van der Waals surface area contributed by atoms with Crippen molar-refractivity contribution in [2.75, 3.05) is 20.8 Å². The molecule has 0 spiro atoms. The van der Waals surface area contributed by atoms with E-state index >= 15 is 0 Å². The summed E-state index contributed by atoms with van der Waals surface area (Å²) in [6, 6.07) is 5.45. The van der Waals surface area contributed by atoms with Crippen LogP contribution >= 0.6 is 0 Å². The number of allylic oxidation sites excluding steroid dienone is 1. The SMILES string of the molecule is COCC1=C(C(=O)OC)[C@@H](c2cccnc2)C(C#N)=C(N)O1. The molecule has 1 aliphatic rings. The second-order valence-corrected chi connectivity index (χ2v) is 4.47. The Hall–Kier alpha value is -2.85. The van der Waals surface area contributed by atoms with Crippen LogP contribution in [0.15, 0.2) is 47.3 Å². The largest absolute Gasteiger partial charge is 0.466 e. The number of nitriles is 1. The molecule has 7 nitrogen and oxygen atoms in total. The summed E-state index contributed by atoms with van der Waals surface area (Å²) >= 11 is 0. The lowest BCUT2D eigenvalue weighted by Gasteiger charge is -2.27. The van der Waals surface area contributed by atoms with E-state index in [1.807, 2.05) is 6.07 Å². The molecule has 0 bridgehead atoms. The zero-order chi connectivity index (χ0) is 16.1. The van der Waals surface area contributed by atoms with Gasteiger partial charge in [-0.15, -0.1) is 0 Å². The predicted octanol–water partition coefficient (Wildman–Crippen LogP) is 0.963. The maximum atomic E-state index is 12.2. The molecule has 2 heterocycles. The summed E-state index contributed by atoms with van der Waals surface area (Å²) in [7, 11) is 2.72. The first-order valence-electron chi connectivity index (χ1n) is 6.41. The van der Waals surface area contributed by atoms with Gasteiger partial charge in [-0.2, -0.15) is 5.26 Å². The third-order valence-electron chi connectivity index (χ3n) is 3.20. The molecule has 2 rings (SSSR count). The van der Waals surface area contributed by atoms with Gasteiger partial charge < -0.3 is 19.9 Å². The van der Waals surface area contributed by atoms with Gasteiger partial charge >= 0.3 is 5.97 Å². The monoisotopic (exact) mass is 301 g/mol. The standard InChI is InChI=1S/C15H15N3O4/c1-20-8-11-13(15(19)21-2)12(9-4-3-5-18-7-9)10(6-16)14(17)22-11/h3-5,7,12H,8,17H2,1-2H3/t12-/m0/s1. The second kappa shape index (κ2) is 6.74. The lowest BCUT2D eigenvalue weighted by molar-refractivity contribution is -0.136. The molecule has 0 saturated carbocycles. The Morgan fingerprint density at radius 2 is 2.32 bits per heavy atom. The second-order valence-electron chi connectivity index (χ2n) is 4.47. The summed E-state index contributed by atoms with van der Waals surface area (Å²) < 4.78 is 15.2. The van der Waals surface area contributed by atoms with Crippen molar-refractivity contribution in [2.45, 2.75) is 5.92 Å². The maximum absolute atomic E-state index is 12.2. The van der Waals surface area contributed by atoms with Crippen LogP contribution in [0.3, 0.4) is 0 Å². The van der Waals surface area contributed by atoms with Crippen molar-refractivity contribution in [3.8, 4) is 6.07 Å². The molecule has 1 aliphatic heterocycles. The van der Waals surface area contributed by atoms with Crippen LogP contribution in [0.4, 0.5) is 0 Å². The number of carbonyl (C=O) groups excluding carboxylic acids is 1. The van der Waals surface area contributed by atoms with Crippen LogP contribution in [0.2, 0.25) is 0 Å². The zero-order valence-electron chi connectivity index (χ0n) is 12.2. The van der Waals surface area contributed by atoms with Gasteiger partial charge in [0.05, 0.1) is 18.6 Å². The lowest BCUT2D eigenvalue weighted by atomic mass is 9.84. The van der Waals surface area contributed by atoms with E-state index in [0.29, 0.717) is 5.56 Å². The Bertz CT molecular complexity index is 674. The van der Waals surface area contributed by atoms with Crippen LogP contribution < -0.4 is 5.73 Å². The number of pyridine rings is 1. The molecule has 0 aliphatic carbocycles. The molecule has 0 radical (unpaired) electrons. The van der Waals surface area contributed by atoms with Gasteiger partial charge in [0.25, 0.3) is 0 Å². The molecule has 2 N–H and O–H groups in total. The van der Waals surface area contributed by atoms with Gasteiger partial charge in [-0.1, -0.05) is 6.07 Å². The van der Waals surface area contributed by atoms with Crippen LogP contribution in [-0.2, 0) is 19.0 Å². The van der Waals surface area contributed by atoms with Gasteiger partial charge in [-0.3, -0.25) is 4.98 Å². The van der Waals surface area contributed by atoms with E-state index in [2.05, 4.69) is 4.98 Å². The molecule has 1 aromatic rings. The highest BCUT2D eigenvalue weighted by molar-refractivity contribution is 5.92. The summed E-state index contributed by atoms with van der Waals surface area (Å²) in [4.78, 5) is 16.2. The topological polar surface area (TPSA) is 107 Å². The van der Waals surface area contributed by atoms with Gasteiger partial charge in [0.2, 0.25) is 5.88 Å². The van der Waals surface area contributed by atoms with Gasteiger partial charge in [0.1, 0.15) is 24.0 Å². The number of nitrogens with two attached hydrogens (primary N) is 1. The van der Waals surface area contributed by atoms with Crippen molar-refractivity contribution in [1.82, 2.24) is 4.98 Å². The van der Waals surface area contributed by atoms with Crippen molar-refractivity contribution in [1.29, 1.82) is 5.26 Å². The Morgan fingerprint density at radius 1 is 1.55 bits per heavy atom. The van der Waals surface area contributed by atoms with Crippen LogP contribution in [0.1, 0.15) is 11.5 Å². The molecule has 22 heavy (non-hydrogen) atoms. The van der Waals surface area contributed by atoms with Crippen LogP contribution in [-0.4, -0.2) is 31.8 Å². The Balaban J connectivity index is 2.65. The van der Waals surface area contributed by atoms with E-state index in [1.54, 1.807) is 24.5 Å². The summed E-state index contributed by atoms with van der Waals surface area (Å²) in [5, 5.41) is 9.39. The summed E-state index contributed by atoms with van der Waals surface area (Å²) in [5.74, 6) is -1.15. The van der Waals surface area contributed by atoms with Crippen LogP contribution in [0, 0.1) is 11.3 Å². The Kier molecular flexibility index (Phi) is 4.76. The predicted molar refractivity (Wildman–Crippen MR) is 75.8 cm³/mol. The average Bonchev–Trinajstić information content (AvgIpc) is 2.54. The number of hydrogen-bond acceptors (Lipinski definition) is 7. The van der Waals surface area contributed by atoms with Gasteiger partial charge in [0, 0.05) is 19.5 Å². The smallest absolute Gasteiger partial charge is 0.338 e. The quantitative estimate of drug-likeness (QED) is 0.825. The molecule has 0 saturated heterocycles. The van der Waals surface area contributed by atoms with Gasteiger partial charge in [0.15, 0.2) is 0 Å². The lowest BCUT2D eigenvalue weighted by Crippen LogP contribution is -2.27. The highest BCUT2D eigenvalue weighted by atomic mass is 16.5. The Labute approximate surface area is 127 Å². The molecule has 0 fully saturated rings. The molecule has 0 amide bonds. The molecular weight excluding hydrogens is 286 g/mol. The number of methoxy groups -OCH3 is 2. The average molecular weight is 301 g/mol. The summed E-state index contributed by atoms with van der Waals surface area (Å²) in [5.41, 5.74) is 6.77. The number of rotatable bonds is 4. The molecule has 1 aromatic heterocycles. The minimum Gasteiger partial charge on any atom is -0.466 e. The van der Waals surface area contributed by atoms with Crippen molar-refractivity contribution >= 4 is 5.97 Å². The minimum atomic E-state index is -0.704. The fraction of sp³-hybridized carbons (Fsp3) is 0.267. The first kappa shape index (κ1) is 15.5. The molecule has 114 valence electrons. The van der Waals surface area contributed by atoms with E-state index in [0.717, 1.165) is 0 Å². The minimum absolute atomic E-state index is 0.0284. The maximum Gasteiger partial charge on any atom is 0.338 e. The molecular formula is C15H15N3O4. The van der Waals surface area contributed by atoms with E-state index in [4.69, 9.17) is 19.9 Å². The third-order valence-corrected chi connectivity index (χ3v) is 3.20.